The number of rotatable bonds is 5. The predicted molar refractivity (Wildman–Crippen MR) is 92.7 cm³/mol. The van der Waals surface area contributed by atoms with Gasteiger partial charge in [-0.25, -0.2) is 4.79 Å². The molecule has 0 bridgehead atoms. The normalized spacial score (nSPS) is 17.4. The Balaban J connectivity index is 2.29. The number of carbonyl (C=O) groups excluding carboxylic acids is 2. The van der Waals surface area contributed by atoms with Crippen LogP contribution in [-0.4, -0.2) is 49.8 Å². The molecule has 0 radical (unpaired) electrons. The fraction of sp³-hybridized carbons (Fsp3) is 0.688. The predicted octanol–water partition coefficient (Wildman–Crippen LogP) is 1.85. The quantitative estimate of drug-likeness (QED) is 0.623. The molecule has 2 N–H and O–H groups in total. The Morgan fingerprint density at radius 2 is 2.08 bits per heavy atom. The van der Waals surface area contributed by atoms with Gasteiger partial charge in [-0.2, -0.15) is 5.10 Å². The largest absolute Gasteiger partial charge is 0.444 e. The molecule has 2 rings (SSSR count). The number of nitrogens with zero attached hydrogens (tertiary/aromatic N) is 4. The number of nitrogens with two attached hydrogens (primary N) is 1. The summed E-state index contributed by atoms with van der Waals surface area (Å²) in [6.07, 6.45) is 1.42. The third-order valence-corrected chi connectivity index (χ3v) is 4.17. The first-order valence-electron chi connectivity index (χ1n) is 8.58. The number of nitro groups is 1. The molecular formula is C16H25N5O5. The second-order valence-electron chi connectivity index (χ2n) is 7.27. The lowest BCUT2D eigenvalue weighted by Crippen LogP contribution is -2.41. The van der Waals surface area contributed by atoms with Gasteiger partial charge in [0, 0.05) is 6.54 Å². The number of hydrogen-bond donors (Lipinski definition) is 1. The third kappa shape index (κ3) is 4.12. The highest BCUT2D eigenvalue weighted by Crippen LogP contribution is 2.27. The SMILES string of the molecule is CCc1c([N+](=O)[O-])c(C(N)=O)nn1C[C@@H]1CCCN1C(=O)OC(C)(C)C. The van der Waals surface area contributed by atoms with Crippen LogP contribution in [0, 0.1) is 10.1 Å². The summed E-state index contributed by atoms with van der Waals surface area (Å²) in [5, 5.41) is 15.4. The van der Waals surface area contributed by atoms with Crippen molar-refractivity contribution >= 4 is 17.7 Å². The van der Waals surface area contributed by atoms with Crippen LogP contribution in [-0.2, 0) is 17.7 Å². The molecule has 10 heteroatoms. The molecule has 26 heavy (non-hydrogen) atoms. The Morgan fingerprint density at radius 1 is 1.42 bits per heavy atom. The van der Waals surface area contributed by atoms with Gasteiger partial charge in [-0.15, -0.1) is 0 Å². The van der Waals surface area contributed by atoms with E-state index in [0.717, 1.165) is 12.8 Å². The van der Waals surface area contributed by atoms with Gasteiger partial charge < -0.3 is 15.4 Å². The van der Waals surface area contributed by atoms with Crippen LogP contribution in [0.5, 0.6) is 0 Å². The van der Waals surface area contributed by atoms with Crippen molar-refractivity contribution in [2.75, 3.05) is 6.54 Å². The van der Waals surface area contributed by atoms with Crippen LogP contribution in [0.25, 0.3) is 0 Å². The number of ether oxygens (including phenoxy) is 1. The fourth-order valence-electron chi connectivity index (χ4n) is 3.13. The average molecular weight is 367 g/mol. The summed E-state index contributed by atoms with van der Waals surface area (Å²) in [5.74, 6) is -0.944. The summed E-state index contributed by atoms with van der Waals surface area (Å²) in [5.41, 5.74) is 4.24. The third-order valence-electron chi connectivity index (χ3n) is 4.17. The molecule has 1 saturated heterocycles. The summed E-state index contributed by atoms with van der Waals surface area (Å²) in [6, 6.07) is -0.213. The van der Waals surface area contributed by atoms with E-state index in [0.29, 0.717) is 18.7 Å². The maximum absolute atomic E-state index is 12.4. The van der Waals surface area contributed by atoms with Crippen molar-refractivity contribution in [1.82, 2.24) is 14.7 Å². The lowest BCUT2D eigenvalue weighted by molar-refractivity contribution is -0.385. The van der Waals surface area contributed by atoms with Crippen molar-refractivity contribution in [3.05, 3.63) is 21.5 Å². The summed E-state index contributed by atoms with van der Waals surface area (Å²) in [7, 11) is 0. The van der Waals surface area contributed by atoms with E-state index in [1.807, 2.05) is 0 Å². The van der Waals surface area contributed by atoms with Gasteiger partial charge in [0.2, 0.25) is 5.69 Å². The zero-order chi connectivity index (χ0) is 19.6. The van der Waals surface area contributed by atoms with Crippen LogP contribution >= 0.6 is 0 Å². The number of aromatic nitrogens is 2. The molecule has 2 heterocycles. The zero-order valence-corrected chi connectivity index (χ0v) is 15.5. The van der Waals surface area contributed by atoms with Crippen molar-refractivity contribution in [3.63, 3.8) is 0 Å². The van der Waals surface area contributed by atoms with E-state index in [4.69, 9.17) is 10.5 Å². The van der Waals surface area contributed by atoms with Crippen LogP contribution < -0.4 is 5.73 Å². The first-order chi connectivity index (χ1) is 12.0. The number of carbonyl (C=O) groups is 2. The molecular weight excluding hydrogens is 342 g/mol. The average Bonchev–Trinajstić information content (AvgIpc) is 3.09. The highest BCUT2D eigenvalue weighted by molar-refractivity contribution is 5.95. The number of amides is 2. The van der Waals surface area contributed by atoms with Crippen molar-refractivity contribution in [2.45, 2.75) is 65.1 Å². The number of likely N-dealkylation sites (tertiary alicyclic amines) is 1. The lowest BCUT2D eigenvalue weighted by atomic mass is 10.2. The molecule has 0 saturated carbocycles. The molecule has 144 valence electrons. The second-order valence-corrected chi connectivity index (χ2v) is 7.27. The minimum atomic E-state index is -0.944. The van der Waals surface area contributed by atoms with Crippen molar-refractivity contribution < 1.29 is 19.2 Å². The van der Waals surface area contributed by atoms with Gasteiger partial charge in [-0.05, 0) is 40.0 Å². The van der Waals surface area contributed by atoms with Gasteiger partial charge in [-0.1, -0.05) is 6.92 Å². The van der Waals surface area contributed by atoms with Crippen molar-refractivity contribution in [1.29, 1.82) is 0 Å². The van der Waals surface area contributed by atoms with E-state index in [9.17, 15) is 19.7 Å². The van der Waals surface area contributed by atoms with E-state index in [-0.39, 0.29) is 24.0 Å². The summed E-state index contributed by atoms with van der Waals surface area (Å²) in [6.45, 7) is 7.92. The van der Waals surface area contributed by atoms with Crippen molar-refractivity contribution in [3.8, 4) is 0 Å². The molecule has 1 aromatic rings. The Bertz CT molecular complexity index is 721. The van der Waals surface area contributed by atoms with Crippen LogP contribution in [0.2, 0.25) is 0 Å². The van der Waals surface area contributed by atoms with Gasteiger partial charge in [0.05, 0.1) is 17.5 Å². The molecule has 1 atom stereocenters. The smallest absolute Gasteiger partial charge is 0.410 e. The molecule has 1 aliphatic rings. The Labute approximate surface area is 151 Å². The molecule has 0 unspecified atom stereocenters. The Hall–Kier alpha value is -2.65. The van der Waals surface area contributed by atoms with Crippen LogP contribution in [0.4, 0.5) is 10.5 Å². The maximum Gasteiger partial charge on any atom is 0.410 e. The zero-order valence-electron chi connectivity index (χ0n) is 15.5. The van der Waals surface area contributed by atoms with Crippen LogP contribution in [0.3, 0.4) is 0 Å². The van der Waals surface area contributed by atoms with Gasteiger partial charge in [0.15, 0.2) is 0 Å². The molecule has 2 amide bonds. The molecule has 0 aromatic carbocycles. The van der Waals surface area contributed by atoms with E-state index >= 15 is 0 Å². The van der Waals surface area contributed by atoms with Crippen LogP contribution in [0.15, 0.2) is 0 Å². The van der Waals surface area contributed by atoms with E-state index in [1.54, 1.807) is 32.6 Å². The number of hydrogen-bond acceptors (Lipinski definition) is 6. The first-order valence-corrected chi connectivity index (χ1v) is 8.58. The summed E-state index contributed by atoms with van der Waals surface area (Å²) >= 11 is 0. The highest BCUT2D eigenvalue weighted by Gasteiger charge is 2.35. The minimum Gasteiger partial charge on any atom is -0.444 e. The molecule has 1 aromatic heterocycles. The molecule has 0 spiro atoms. The Kier molecular flexibility index (Phi) is 5.53. The number of primary amides is 1. The van der Waals surface area contributed by atoms with Gasteiger partial charge in [0.25, 0.3) is 5.91 Å². The molecule has 1 fully saturated rings. The van der Waals surface area contributed by atoms with Crippen LogP contribution in [0.1, 0.15) is 56.7 Å². The Morgan fingerprint density at radius 3 is 2.58 bits per heavy atom. The maximum atomic E-state index is 12.4. The molecule has 1 aliphatic heterocycles. The standard InChI is InChI=1S/C16H25N5O5/c1-5-11-13(21(24)25)12(14(17)22)18-20(11)9-10-7-6-8-19(10)15(23)26-16(2,3)4/h10H,5-9H2,1-4H3,(H2,17,22)/t10-/m0/s1. The van der Waals surface area contributed by atoms with Gasteiger partial charge >= 0.3 is 11.8 Å². The topological polar surface area (TPSA) is 134 Å². The summed E-state index contributed by atoms with van der Waals surface area (Å²) < 4.78 is 6.85. The second kappa shape index (κ2) is 7.30. The van der Waals surface area contributed by atoms with Gasteiger partial charge in [0.1, 0.15) is 11.3 Å². The van der Waals surface area contributed by atoms with Gasteiger partial charge in [-0.3, -0.25) is 19.6 Å². The van der Waals surface area contributed by atoms with E-state index in [1.165, 1.54) is 4.68 Å². The first kappa shape index (κ1) is 19.7. The summed E-state index contributed by atoms with van der Waals surface area (Å²) in [4.78, 5) is 36.3. The molecule has 0 aliphatic carbocycles. The highest BCUT2D eigenvalue weighted by atomic mass is 16.6. The van der Waals surface area contributed by atoms with E-state index < -0.39 is 22.5 Å². The fourth-order valence-corrected chi connectivity index (χ4v) is 3.13. The lowest BCUT2D eigenvalue weighted by Gasteiger charge is -2.28. The monoisotopic (exact) mass is 367 g/mol. The van der Waals surface area contributed by atoms with Crippen molar-refractivity contribution in [2.24, 2.45) is 5.73 Å². The van der Waals surface area contributed by atoms with E-state index in [2.05, 4.69) is 5.10 Å². The minimum absolute atomic E-state index is 0.213. The molecule has 10 nitrogen and oxygen atoms in total.